The second-order valence-corrected chi connectivity index (χ2v) is 10.5. The van der Waals surface area contributed by atoms with Crippen molar-refractivity contribution in [3.05, 3.63) is 46.2 Å². The van der Waals surface area contributed by atoms with Gasteiger partial charge in [0.25, 0.3) is 5.56 Å². The fraction of sp³-hybridized carbons (Fsp3) is 0.577. The molecule has 0 aliphatic rings. The van der Waals surface area contributed by atoms with Crippen LogP contribution in [0.3, 0.4) is 0 Å². The first-order valence-electron chi connectivity index (χ1n) is 12.1. The number of fused-ring (bicyclic) bond motifs is 1. The molecule has 0 radical (unpaired) electrons. The predicted octanol–water partition coefficient (Wildman–Crippen LogP) is 2.27. The monoisotopic (exact) mass is 504 g/mol. The van der Waals surface area contributed by atoms with Crippen LogP contribution in [-0.4, -0.2) is 47.4 Å². The van der Waals surface area contributed by atoms with Crippen molar-refractivity contribution in [2.45, 2.75) is 59.8 Å². The number of hydrogen-bond acceptors (Lipinski definition) is 7. The van der Waals surface area contributed by atoms with Gasteiger partial charge in [-0.25, -0.2) is 0 Å². The van der Waals surface area contributed by atoms with Crippen molar-refractivity contribution in [2.75, 3.05) is 13.7 Å². The molecular formula is C26H40N4O6. The maximum Gasteiger partial charge on any atom is 0.250 e. The third kappa shape index (κ3) is 7.86. The zero-order chi connectivity index (χ0) is 27.0. The van der Waals surface area contributed by atoms with Gasteiger partial charge in [0.05, 0.1) is 30.8 Å². The highest BCUT2D eigenvalue weighted by Gasteiger charge is 2.37. The SMILES string of the molecule is CNC(=O)[C@@H](NC(=O)[C@H](CC(C)C)C(CONO)OCc1ccc2ccc(=O)n(C)c2c1)C(C)(C)C. The van der Waals surface area contributed by atoms with Crippen LogP contribution in [0.4, 0.5) is 0 Å². The average molecular weight is 505 g/mol. The van der Waals surface area contributed by atoms with Crippen LogP contribution >= 0.6 is 0 Å². The van der Waals surface area contributed by atoms with Crippen LogP contribution < -0.4 is 21.8 Å². The van der Waals surface area contributed by atoms with Gasteiger partial charge >= 0.3 is 0 Å². The molecule has 10 nitrogen and oxygen atoms in total. The van der Waals surface area contributed by atoms with Crippen LogP contribution in [0.5, 0.6) is 0 Å². The minimum Gasteiger partial charge on any atom is -0.370 e. The number of ether oxygens (including phenoxy) is 1. The van der Waals surface area contributed by atoms with E-state index in [2.05, 4.69) is 10.6 Å². The summed E-state index contributed by atoms with van der Waals surface area (Å²) in [5, 5.41) is 15.5. The predicted molar refractivity (Wildman–Crippen MR) is 137 cm³/mol. The molecule has 2 amide bonds. The van der Waals surface area contributed by atoms with Gasteiger partial charge in [0.1, 0.15) is 6.04 Å². The van der Waals surface area contributed by atoms with Gasteiger partial charge in [-0.2, -0.15) is 0 Å². The minimum atomic E-state index is -0.746. The number of benzene rings is 1. The molecule has 36 heavy (non-hydrogen) atoms. The number of carbonyl (C=O) groups is 2. The lowest BCUT2D eigenvalue weighted by Crippen LogP contribution is -2.55. The summed E-state index contributed by atoms with van der Waals surface area (Å²) in [5.41, 5.74) is 2.61. The lowest BCUT2D eigenvalue weighted by Gasteiger charge is -2.33. The van der Waals surface area contributed by atoms with Crippen LogP contribution in [0.1, 0.15) is 46.6 Å². The molecule has 2 rings (SSSR count). The molecule has 200 valence electrons. The van der Waals surface area contributed by atoms with Crippen molar-refractivity contribution in [1.29, 1.82) is 0 Å². The van der Waals surface area contributed by atoms with Crippen molar-refractivity contribution < 1.29 is 24.4 Å². The highest BCUT2D eigenvalue weighted by molar-refractivity contribution is 5.89. The first-order valence-corrected chi connectivity index (χ1v) is 12.1. The number of pyridine rings is 1. The fourth-order valence-electron chi connectivity index (χ4n) is 4.11. The molecule has 0 fully saturated rings. The summed E-state index contributed by atoms with van der Waals surface area (Å²) in [4.78, 5) is 43.0. The molecule has 3 atom stereocenters. The number of nitrogens with one attached hydrogen (secondary N) is 3. The third-order valence-corrected chi connectivity index (χ3v) is 6.14. The lowest BCUT2D eigenvalue weighted by atomic mass is 9.84. The number of carbonyl (C=O) groups excluding carboxylic acids is 2. The number of nitrogens with zero attached hydrogens (tertiary/aromatic N) is 1. The van der Waals surface area contributed by atoms with Gasteiger partial charge in [0.2, 0.25) is 11.8 Å². The van der Waals surface area contributed by atoms with Crippen LogP contribution in [0, 0.1) is 17.3 Å². The first kappa shape index (κ1) is 29.4. The molecule has 10 heteroatoms. The molecule has 4 N–H and O–H groups in total. The molecule has 0 aliphatic carbocycles. The molecule has 1 unspecified atom stereocenters. The van der Waals surface area contributed by atoms with E-state index in [4.69, 9.17) is 14.8 Å². The van der Waals surface area contributed by atoms with Gasteiger partial charge in [-0.15, -0.1) is 0 Å². The standard InChI is InChI=1S/C26H40N4O6/c1-16(2)12-19(24(32)28-23(25(33)27-6)26(3,4)5)21(15-36-29-34)35-14-17-8-9-18-10-11-22(31)30(7)20(18)13-17/h8-11,13,16,19,21,23,29,34H,12,14-15H2,1-7H3,(H,27,33)(H,28,32)/t19-,21?,23-/m1/s1. The van der Waals surface area contributed by atoms with Crippen molar-refractivity contribution in [3.63, 3.8) is 0 Å². The van der Waals surface area contributed by atoms with Crippen LogP contribution in [0.15, 0.2) is 35.1 Å². The molecule has 0 saturated carbocycles. The summed E-state index contributed by atoms with van der Waals surface area (Å²) < 4.78 is 7.73. The largest absolute Gasteiger partial charge is 0.370 e. The Balaban J connectivity index is 2.31. The smallest absolute Gasteiger partial charge is 0.250 e. The van der Waals surface area contributed by atoms with E-state index in [0.29, 0.717) is 6.42 Å². The molecule has 1 aromatic carbocycles. The molecule has 0 bridgehead atoms. The normalized spacial score (nSPS) is 14.5. The summed E-state index contributed by atoms with van der Waals surface area (Å²) in [5.74, 6) is -1.12. The number of aryl methyl sites for hydroxylation is 1. The highest BCUT2D eigenvalue weighted by atomic mass is 16.8. The Labute approximate surface area is 212 Å². The molecular weight excluding hydrogens is 464 g/mol. The van der Waals surface area contributed by atoms with E-state index < -0.39 is 23.5 Å². The van der Waals surface area contributed by atoms with E-state index >= 15 is 0 Å². The minimum absolute atomic E-state index is 0.104. The van der Waals surface area contributed by atoms with E-state index in [-0.39, 0.29) is 36.5 Å². The van der Waals surface area contributed by atoms with Crippen LogP contribution in [-0.2, 0) is 32.8 Å². The topological polar surface area (TPSA) is 131 Å². The van der Waals surface area contributed by atoms with Gasteiger partial charge in [-0.05, 0) is 40.8 Å². The average Bonchev–Trinajstić information content (AvgIpc) is 2.82. The number of amides is 2. The lowest BCUT2D eigenvalue weighted by molar-refractivity contribution is -0.170. The zero-order valence-corrected chi connectivity index (χ0v) is 22.3. The Hall–Kier alpha value is -2.79. The zero-order valence-electron chi connectivity index (χ0n) is 22.3. The summed E-state index contributed by atoms with van der Waals surface area (Å²) >= 11 is 0. The fourth-order valence-corrected chi connectivity index (χ4v) is 4.11. The molecule has 1 aromatic heterocycles. The number of hydrogen-bond donors (Lipinski definition) is 4. The number of aromatic nitrogens is 1. The maximum absolute atomic E-state index is 13.5. The Morgan fingerprint density at radius 1 is 1.11 bits per heavy atom. The number of rotatable bonds is 12. The highest BCUT2D eigenvalue weighted by Crippen LogP contribution is 2.24. The van der Waals surface area contributed by atoms with E-state index in [1.54, 1.807) is 23.3 Å². The Morgan fingerprint density at radius 3 is 2.36 bits per heavy atom. The number of likely N-dealkylation sites (N-methyl/N-ethyl adjacent to an activating group) is 1. The molecule has 2 aromatic rings. The molecule has 1 heterocycles. The van der Waals surface area contributed by atoms with Crippen molar-refractivity contribution >= 4 is 22.7 Å². The van der Waals surface area contributed by atoms with E-state index in [1.165, 1.54) is 13.1 Å². The second kappa shape index (κ2) is 13.0. The van der Waals surface area contributed by atoms with E-state index in [0.717, 1.165) is 16.5 Å². The van der Waals surface area contributed by atoms with Gasteiger partial charge in [0.15, 0.2) is 0 Å². The van der Waals surface area contributed by atoms with E-state index in [1.807, 2.05) is 52.8 Å². The summed E-state index contributed by atoms with van der Waals surface area (Å²) in [6.45, 7) is 9.67. The Bertz CT molecular complexity index is 1090. The third-order valence-electron chi connectivity index (χ3n) is 6.14. The van der Waals surface area contributed by atoms with E-state index in [9.17, 15) is 14.4 Å². The first-order chi connectivity index (χ1) is 16.9. The maximum atomic E-state index is 13.5. The second-order valence-electron chi connectivity index (χ2n) is 10.5. The van der Waals surface area contributed by atoms with Crippen molar-refractivity contribution in [2.24, 2.45) is 24.3 Å². The van der Waals surface area contributed by atoms with Gasteiger partial charge in [-0.1, -0.05) is 52.4 Å². The Morgan fingerprint density at radius 2 is 1.78 bits per heavy atom. The molecule has 0 aliphatic heterocycles. The summed E-state index contributed by atoms with van der Waals surface area (Å²) in [7, 11) is 3.24. The molecule has 0 spiro atoms. The summed E-state index contributed by atoms with van der Waals surface area (Å²) in [6.07, 6.45) is -0.255. The van der Waals surface area contributed by atoms with Crippen LogP contribution in [0.25, 0.3) is 10.9 Å². The quantitative estimate of drug-likeness (QED) is 0.326. The summed E-state index contributed by atoms with van der Waals surface area (Å²) in [6, 6.07) is 8.22. The van der Waals surface area contributed by atoms with Gasteiger partial charge in [0, 0.05) is 20.2 Å². The van der Waals surface area contributed by atoms with Crippen molar-refractivity contribution in [3.8, 4) is 0 Å². The van der Waals surface area contributed by atoms with Gasteiger partial charge < -0.3 is 19.9 Å². The van der Waals surface area contributed by atoms with Crippen molar-refractivity contribution in [1.82, 2.24) is 20.8 Å². The van der Waals surface area contributed by atoms with Crippen LogP contribution in [0.2, 0.25) is 0 Å². The molecule has 0 saturated heterocycles. The van der Waals surface area contributed by atoms with Gasteiger partial charge in [-0.3, -0.25) is 24.4 Å². The Kier molecular flexibility index (Phi) is 10.6.